The Bertz CT molecular complexity index is 1700. The second kappa shape index (κ2) is 21.2. The van der Waals surface area contributed by atoms with Crippen molar-refractivity contribution in [2.45, 2.75) is 19.6 Å². The van der Waals surface area contributed by atoms with Crippen LogP contribution in [0.25, 0.3) is 11.0 Å². The standard InChI is InChI=1S/C31H33FN4O7.C4H11NO2/c1-35(31(41)43-20-22-5-3-2-4-6-22)12-13-36-25-18-23(17-21-7-9-24(32)10-8-21)19-34-27(25)28(38)26(30(36)40)29(39)33-11-15-42-16-14-37;5-1-3-7-4-2-6/h2-10,18-19,37-38H,11-17,20H2,1H3,(H,33,39);6H,1-5H2. The molecule has 15 heteroatoms. The zero-order valence-electron chi connectivity index (χ0n) is 27.9. The average Bonchev–Trinajstić information content (AvgIpc) is 3.12. The Morgan fingerprint density at radius 3 is 2.30 bits per heavy atom. The lowest BCUT2D eigenvalue weighted by atomic mass is 10.1. The van der Waals surface area contributed by atoms with Crippen molar-refractivity contribution in [1.29, 1.82) is 0 Å². The summed E-state index contributed by atoms with van der Waals surface area (Å²) in [6.07, 6.45) is 1.29. The normalized spacial score (nSPS) is 10.7. The van der Waals surface area contributed by atoms with Crippen molar-refractivity contribution < 1.29 is 43.5 Å². The molecule has 4 aromatic rings. The number of nitrogens with zero attached hydrogens (tertiary/aromatic N) is 3. The second-order valence-corrected chi connectivity index (χ2v) is 10.9. The lowest BCUT2D eigenvalue weighted by Gasteiger charge is -2.20. The molecule has 6 N–H and O–H groups in total. The number of fused-ring (bicyclic) bond motifs is 1. The molecule has 0 bridgehead atoms. The number of rotatable bonds is 17. The average molecular weight is 698 g/mol. The van der Waals surface area contributed by atoms with Gasteiger partial charge < -0.3 is 50.0 Å². The number of halogens is 1. The number of pyridine rings is 2. The summed E-state index contributed by atoms with van der Waals surface area (Å²) in [7, 11) is 1.53. The molecule has 4 rings (SSSR count). The number of hydrogen-bond acceptors (Lipinski definition) is 11. The van der Waals surface area contributed by atoms with E-state index in [-0.39, 0.29) is 69.5 Å². The van der Waals surface area contributed by atoms with Crippen molar-refractivity contribution in [3.05, 3.63) is 105 Å². The van der Waals surface area contributed by atoms with Gasteiger partial charge in [0, 0.05) is 39.4 Å². The van der Waals surface area contributed by atoms with Crippen molar-refractivity contribution in [2.75, 3.05) is 66.3 Å². The van der Waals surface area contributed by atoms with Crippen LogP contribution in [-0.2, 0) is 33.8 Å². The molecule has 2 heterocycles. The third kappa shape index (κ3) is 12.2. The highest BCUT2D eigenvalue weighted by Crippen LogP contribution is 2.26. The highest BCUT2D eigenvalue weighted by molar-refractivity contribution is 6.01. The third-order valence-corrected chi connectivity index (χ3v) is 7.12. The molecule has 0 unspecified atom stereocenters. The van der Waals surface area contributed by atoms with Crippen molar-refractivity contribution in [1.82, 2.24) is 19.8 Å². The molecule has 2 amide bonds. The summed E-state index contributed by atoms with van der Waals surface area (Å²) in [6.45, 7) is 1.70. The molecule has 0 fully saturated rings. The Hall–Kier alpha value is -4.93. The monoisotopic (exact) mass is 697 g/mol. The molecular formula is C35H44FN5O9. The minimum absolute atomic E-state index is 0.0263. The number of benzene rings is 2. The number of carbonyl (C=O) groups excluding carboxylic acids is 2. The van der Waals surface area contributed by atoms with E-state index in [1.807, 2.05) is 30.3 Å². The molecule has 0 aliphatic heterocycles. The number of hydrogen-bond donors (Lipinski definition) is 5. The number of amides is 2. The lowest BCUT2D eigenvalue weighted by molar-refractivity contribution is 0.0835. The molecule has 0 radical (unpaired) electrons. The summed E-state index contributed by atoms with van der Waals surface area (Å²) < 4.78 is 29.9. The Kier molecular flexibility index (Phi) is 16.8. The molecular weight excluding hydrogens is 653 g/mol. The molecule has 2 aromatic heterocycles. The number of carbonyl (C=O) groups is 2. The van der Waals surface area contributed by atoms with Gasteiger partial charge in [-0.15, -0.1) is 0 Å². The molecule has 0 atom stereocenters. The van der Waals surface area contributed by atoms with Crippen LogP contribution >= 0.6 is 0 Å². The summed E-state index contributed by atoms with van der Waals surface area (Å²) >= 11 is 0. The Balaban J connectivity index is 0.000000872. The molecule has 270 valence electrons. The Labute approximate surface area is 288 Å². The van der Waals surface area contributed by atoms with E-state index in [2.05, 4.69) is 10.3 Å². The third-order valence-electron chi connectivity index (χ3n) is 7.12. The van der Waals surface area contributed by atoms with Crippen LogP contribution in [-0.4, -0.2) is 108 Å². The van der Waals surface area contributed by atoms with Crippen molar-refractivity contribution >= 4 is 23.0 Å². The topological polar surface area (TPSA) is 199 Å². The maximum atomic E-state index is 13.7. The first-order valence-electron chi connectivity index (χ1n) is 16.0. The van der Waals surface area contributed by atoms with E-state index in [0.717, 1.165) is 11.1 Å². The predicted octanol–water partition coefficient (Wildman–Crippen LogP) is 1.79. The van der Waals surface area contributed by atoms with Crippen LogP contribution in [0.2, 0.25) is 0 Å². The maximum Gasteiger partial charge on any atom is 0.409 e. The molecule has 0 saturated heterocycles. The van der Waals surface area contributed by atoms with Gasteiger partial charge in [-0.3, -0.25) is 14.6 Å². The maximum absolute atomic E-state index is 13.7. The van der Waals surface area contributed by atoms with Crippen molar-refractivity contribution in [3.63, 3.8) is 0 Å². The van der Waals surface area contributed by atoms with Gasteiger partial charge in [-0.05, 0) is 41.3 Å². The van der Waals surface area contributed by atoms with Crippen LogP contribution in [0.15, 0.2) is 71.7 Å². The fraction of sp³-hybridized carbons (Fsp3) is 0.371. The number of aliphatic hydroxyl groups is 2. The molecule has 0 aliphatic rings. The minimum Gasteiger partial charge on any atom is -0.505 e. The van der Waals surface area contributed by atoms with Gasteiger partial charge >= 0.3 is 6.09 Å². The summed E-state index contributed by atoms with van der Waals surface area (Å²) in [4.78, 5) is 44.9. The predicted molar refractivity (Wildman–Crippen MR) is 183 cm³/mol. The number of likely N-dealkylation sites (N-methyl/N-ethyl adjacent to an activating group) is 1. The Morgan fingerprint density at radius 2 is 1.64 bits per heavy atom. The summed E-state index contributed by atoms with van der Waals surface area (Å²) in [5.41, 5.74) is 6.39. The van der Waals surface area contributed by atoms with Gasteiger partial charge in [-0.25, -0.2) is 9.18 Å². The lowest BCUT2D eigenvalue weighted by Crippen LogP contribution is -2.37. The molecule has 50 heavy (non-hydrogen) atoms. The zero-order valence-corrected chi connectivity index (χ0v) is 27.9. The molecule has 14 nitrogen and oxygen atoms in total. The molecule has 0 saturated carbocycles. The van der Waals surface area contributed by atoms with Crippen LogP contribution < -0.4 is 16.6 Å². The van der Waals surface area contributed by atoms with E-state index in [1.54, 1.807) is 18.2 Å². The molecule has 2 aromatic carbocycles. The number of ether oxygens (including phenoxy) is 3. The van der Waals surface area contributed by atoms with Crippen LogP contribution in [0.4, 0.5) is 9.18 Å². The number of nitrogens with two attached hydrogens (primary N) is 1. The van der Waals surface area contributed by atoms with Gasteiger partial charge in [0.15, 0.2) is 5.75 Å². The quantitative estimate of drug-likeness (QED) is 0.101. The van der Waals surface area contributed by atoms with E-state index < -0.39 is 28.9 Å². The van der Waals surface area contributed by atoms with Crippen LogP contribution in [0.5, 0.6) is 5.75 Å². The van der Waals surface area contributed by atoms with E-state index in [0.29, 0.717) is 31.7 Å². The van der Waals surface area contributed by atoms with Crippen LogP contribution in [0.3, 0.4) is 0 Å². The minimum atomic E-state index is -0.821. The molecule has 0 aliphatic carbocycles. The van der Waals surface area contributed by atoms with Gasteiger partial charge in [-0.1, -0.05) is 42.5 Å². The SMILES string of the molecule is CN(CCn1c(=O)c(C(=O)NCCOCCO)c(O)c2ncc(Cc3ccc(F)cc3)cc21)C(=O)OCc1ccccc1.NCCOCCO. The van der Waals surface area contributed by atoms with Crippen molar-refractivity contribution in [3.8, 4) is 5.75 Å². The van der Waals surface area contributed by atoms with Gasteiger partial charge in [0.05, 0.1) is 45.2 Å². The zero-order chi connectivity index (χ0) is 36.3. The first-order chi connectivity index (χ1) is 24.2. The van der Waals surface area contributed by atoms with Crippen LogP contribution in [0.1, 0.15) is 27.0 Å². The van der Waals surface area contributed by atoms with Gasteiger partial charge in [0.2, 0.25) is 0 Å². The fourth-order valence-electron chi connectivity index (χ4n) is 4.62. The molecule has 0 spiro atoms. The number of nitrogens with one attached hydrogen (secondary N) is 1. The first kappa shape index (κ1) is 39.5. The van der Waals surface area contributed by atoms with Crippen molar-refractivity contribution in [2.24, 2.45) is 5.73 Å². The summed E-state index contributed by atoms with van der Waals surface area (Å²) in [6, 6.07) is 16.8. The van der Waals surface area contributed by atoms with Gasteiger partial charge in [0.1, 0.15) is 23.5 Å². The highest BCUT2D eigenvalue weighted by Gasteiger charge is 2.24. The second-order valence-electron chi connectivity index (χ2n) is 10.9. The van der Waals surface area contributed by atoms with Crippen LogP contribution in [0, 0.1) is 5.82 Å². The number of aromatic nitrogens is 2. The van der Waals surface area contributed by atoms with Gasteiger partial charge in [-0.2, -0.15) is 0 Å². The first-order valence-corrected chi connectivity index (χ1v) is 16.0. The van der Waals surface area contributed by atoms with Gasteiger partial charge in [0.25, 0.3) is 11.5 Å². The van der Waals surface area contributed by atoms with E-state index in [9.17, 15) is 23.9 Å². The summed E-state index contributed by atoms with van der Waals surface area (Å²) in [5.74, 6) is -1.76. The Morgan fingerprint density at radius 1 is 0.960 bits per heavy atom. The fourth-order valence-corrected chi connectivity index (χ4v) is 4.62. The highest BCUT2D eigenvalue weighted by atomic mass is 19.1. The van der Waals surface area contributed by atoms with E-state index in [1.165, 1.54) is 34.8 Å². The largest absolute Gasteiger partial charge is 0.505 e. The number of aromatic hydroxyl groups is 1. The number of aliphatic hydroxyl groups excluding tert-OH is 2. The van der Waals surface area contributed by atoms with E-state index in [4.69, 9.17) is 30.2 Å². The summed E-state index contributed by atoms with van der Waals surface area (Å²) in [5, 5.41) is 30.5. The van der Waals surface area contributed by atoms with E-state index >= 15 is 0 Å². The smallest absolute Gasteiger partial charge is 0.409 e.